The van der Waals surface area contributed by atoms with Gasteiger partial charge in [-0.1, -0.05) is 31.0 Å². The number of ether oxygens (including phenoxy) is 1. The fourth-order valence-electron chi connectivity index (χ4n) is 3.95. The maximum absolute atomic E-state index is 12.6. The molecule has 0 radical (unpaired) electrons. The van der Waals surface area contributed by atoms with E-state index in [-0.39, 0.29) is 35.9 Å². The summed E-state index contributed by atoms with van der Waals surface area (Å²) in [5.74, 6) is 2.30. The van der Waals surface area contributed by atoms with Crippen LogP contribution in [0, 0.1) is 12.8 Å². The maximum Gasteiger partial charge on any atom is 0.225 e. The van der Waals surface area contributed by atoms with Crippen LogP contribution in [-0.2, 0) is 4.79 Å². The maximum atomic E-state index is 12.6. The molecule has 1 aliphatic heterocycles. The molecule has 1 aliphatic carbocycles. The Bertz CT molecular complexity index is 662. The van der Waals surface area contributed by atoms with Crippen LogP contribution in [0.15, 0.2) is 29.3 Å². The van der Waals surface area contributed by atoms with E-state index >= 15 is 0 Å². The van der Waals surface area contributed by atoms with Crippen LogP contribution in [0.4, 0.5) is 0 Å². The van der Waals surface area contributed by atoms with E-state index in [1.807, 2.05) is 36.1 Å². The summed E-state index contributed by atoms with van der Waals surface area (Å²) in [6, 6.07) is 8.28. The standard InChI is InChI=1S/C21H32N4O2.HI/c1-16-7-3-6-10-19(16)27-14-12-23-21(22-2)24-18-11-13-25(15-18)20(26)17-8-4-5-9-17;/h3,6-7,10,17-18H,4-5,8-9,11-15H2,1-2H3,(H2,22,23,24);1H. The Labute approximate surface area is 185 Å². The second-order valence-corrected chi connectivity index (χ2v) is 7.51. The van der Waals surface area contributed by atoms with Gasteiger partial charge in [0.1, 0.15) is 12.4 Å². The van der Waals surface area contributed by atoms with Crippen LogP contribution in [0.2, 0.25) is 0 Å². The number of aliphatic imine (C=N–C) groups is 1. The van der Waals surface area contributed by atoms with Crippen molar-refractivity contribution in [2.75, 3.05) is 33.3 Å². The monoisotopic (exact) mass is 500 g/mol. The Morgan fingerprint density at radius 1 is 1.25 bits per heavy atom. The summed E-state index contributed by atoms with van der Waals surface area (Å²) in [5, 5.41) is 6.74. The zero-order valence-corrected chi connectivity index (χ0v) is 19.3. The Morgan fingerprint density at radius 2 is 2.00 bits per heavy atom. The van der Waals surface area contributed by atoms with Gasteiger partial charge in [0, 0.05) is 32.1 Å². The number of benzene rings is 1. The largest absolute Gasteiger partial charge is 0.491 e. The molecule has 0 spiro atoms. The van der Waals surface area contributed by atoms with Crippen LogP contribution >= 0.6 is 24.0 Å². The second kappa shape index (κ2) is 11.5. The fraction of sp³-hybridized carbons (Fsp3) is 0.619. The van der Waals surface area contributed by atoms with Gasteiger partial charge >= 0.3 is 0 Å². The predicted molar refractivity (Wildman–Crippen MR) is 124 cm³/mol. The molecule has 1 heterocycles. The van der Waals surface area contributed by atoms with Crippen LogP contribution in [0.3, 0.4) is 0 Å². The molecule has 2 N–H and O–H groups in total. The summed E-state index contributed by atoms with van der Waals surface area (Å²) in [4.78, 5) is 18.9. The highest BCUT2D eigenvalue weighted by Crippen LogP contribution is 2.27. The van der Waals surface area contributed by atoms with Crippen LogP contribution in [-0.4, -0.2) is 56.1 Å². The van der Waals surface area contributed by atoms with E-state index in [1.165, 1.54) is 12.8 Å². The van der Waals surface area contributed by atoms with Gasteiger partial charge < -0.3 is 20.3 Å². The van der Waals surface area contributed by atoms with Gasteiger partial charge in [0.15, 0.2) is 5.96 Å². The van der Waals surface area contributed by atoms with Gasteiger partial charge in [-0.25, -0.2) is 0 Å². The molecule has 156 valence electrons. The molecule has 7 heteroatoms. The molecule has 1 atom stereocenters. The molecule has 6 nitrogen and oxygen atoms in total. The molecule has 1 aromatic rings. The van der Waals surface area contributed by atoms with E-state index in [4.69, 9.17) is 4.74 Å². The van der Waals surface area contributed by atoms with Gasteiger partial charge in [-0.2, -0.15) is 0 Å². The zero-order chi connectivity index (χ0) is 19.1. The van der Waals surface area contributed by atoms with Crippen LogP contribution < -0.4 is 15.4 Å². The van der Waals surface area contributed by atoms with Crippen molar-refractivity contribution in [3.63, 3.8) is 0 Å². The van der Waals surface area contributed by atoms with Crippen molar-refractivity contribution in [1.82, 2.24) is 15.5 Å². The number of nitrogens with zero attached hydrogens (tertiary/aromatic N) is 2. The van der Waals surface area contributed by atoms with Crippen LogP contribution in [0.25, 0.3) is 0 Å². The first-order valence-electron chi connectivity index (χ1n) is 10.1. The number of halogens is 1. The quantitative estimate of drug-likeness (QED) is 0.273. The minimum Gasteiger partial charge on any atom is -0.491 e. The molecule has 1 amide bonds. The Balaban J connectivity index is 0.00000280. The van der Waals surface area contributed by atoms with Crippen molar-refractivity contribution >= 4 is 35.8 Å². The molecular weight excluding hydrogens is 467 g/mol. The molecule has 0 aromatic heterocycles. The molecule has 1 saturated heterocycles. The summed E-state index contributed by atoms with van der Waals surface area (Å²) in [7, 11) is 1.77. The third-order valence-electron chi connectivity index (χ3n) is 5.51. The van der Waals surface area contributed by atoms with E-state index < -0.39 is 0 Å². The summed E-state index contributed by atoms with van der Waals surface area (Å²) >= 11 is 0. The lowest BCUT2D eigenvalue weighted by Crippen LogP contribution is -2.46. The number of amides is 1. The number of nitrogens with one attached hydrogen (secondary N) is 2. The molecule has 3 rings (SSSR count). The second-order valence-electron chi connectivity index (χ2n) is 7.51. The topological polar surface area (TPSA) is 66.0 Å². The van der Waals surface area contributed by atoms with Crippen molar-refractivity contribution in [3.8, 4) is 5.75 Å². The van der Waals surface area contributed by atoms with E-state index in [0.29, 0.717) is 19.1 Å². The number of carbonyl (C=O) groups excluding carboxylic acids is 1. The third kappa shape index (κ3) is 6.25. The average Bonchev–Trinajstić information content (AvgIpc) is 3.37. The molecule has 28 heavy (non-hydrogen) atoms. The summed E-state index contributed by atoms with van der Waals surface area (Å²) in [6.45, 7) is 4.91. The number of hydrogen-bond acceptors (Lipinski definition) is 3. The molecule has 1 aromatic carbocycles. The first-order chi connectivity index (χ1) is 13.2. The van der Waals surface area contributed by atoms with E-state index in [2.05, 4.69) is 15.6 Å². The summed E-state index contributed by atoms with van der Waals surface area (Å²) in [5.41, 5.74) is 1.14. The Kier molecular flexibility index (Phi) is 9.34. The van der Waals surface area contributed by atoms with Crippen molar-refractivity contribution in [1.29, 1.82) is 0 Å². The van der Waals surface area contributed by atoms with E-state index in [0.717, 1.165) is 49.6 Å². The van der Waals surface area contributed by atoms with Crippen LogP contribution in [0.5, 0.6) is 5.75 Å². The highest BCUT2D eigenvalue weighted by molar-refractivity contribution is 14.0. The first kappa shape index (κ1) is 22.8. The molecular formula is C21H33IN4O2. The number of likely N-dealkylation sites (tertiary alicyclic amines) is 1. The minimum atomic E-state index is 0. The average molecular weight is 500 g/mol. The van der Waals surface area contributed by atoms with E-state index in [1.54, 1.807) is 7.05 Å². The van der Waals surface area contributed by atoms with Gasteiger partial charge in [-0.05, 0) is 37.8 Å². The zero-order valence-electron chi connectivity index (χ0n) is 16.9. The van der Waals surface area contributed by atoms with Crippen molar-refractivity contribution in [3.05, 3.63) is 29.8 Å². The smallest absolute Gasteiger partial charge is 0.225 e. The molecule has 1 saturated carbocycles. The summed E-state index contributed by atoms with van der Waals surface area (Å²) < 4.78 is 5.81. The summed E-state index contributed by atoms with van der Waals surface area (Å²) in [6.07, 6.45) is 5.51. The number of carbonyl (C=O) groups is 1. The van der Waals surface area contributed by atoms with E-state index in [9.17, 15) is 4.79 Å². The third-order valence-corrected chi connectivity index (χ3v) is 5.51. The molecule has 2 fully saturated rings. The van der Waals surface area contributed by atoms with Gasteiger partial charge in [-0.15, -0.1) is 24.0 Å². The van der Waals surface area contributed by atoms with Crippen molar-refractivity contribution in [2.45, 2.75) is 45.1 Å². The normalized spacial score (nSPS) is 20.0. The fourth-order valence-corrected chi connectivity index (χ4v) is 3.95. The minimum absolute atomic E-state index is 0. The Hall–Kier alpha value is -1.51. The lowest BCUT2D eigenvalue weighted by Gasteiger charge is -2.21. The lowest BCUT2D eigenvalue weighted by atomic mass is 10.1. The lowest BCUT2D eigenvalue weighted by molar-refractivity contribution is -0.134. The van der Waals surface area contributed by atoms with Crippen molar-refractivity contribution in [2.24, 2.45) is 10.9 Å². The number of rotatable bonds is 6. The predicted octanol–water partition coefficient (Wildman–Crippen LogP) is 2.95. The van der Waals surface area contributed by atoms with Crippen molar-refractivity contribution < 1.29 is 9.53 Å². The molecule has 2 aliphatic rings. The van der Waals surface area contributed by atoms with Gasteiger partial charge in [0.2, 0.25) is 5.91 Å². The highest BCUT2D eigenvalue weighted by atomic mass is 127. The Morgan fingerprint density at radius 3 is 2.71 bits per heavy atom. The number of hydrogen-bond donors (Lipinski definition) is 2. The SMILES string of the molecule is CN=C(NCCOc1ccccc1C)NC1CCN(C(=O)C2CCCC2)C1.I. The molecule has 0 bridgehead atoms. The number of para-hydroxylation sites is 1. The first-order valence-corrected chi connectivity index (χ1v) is 10.1. The number of aryl methyl sites for hydroxylation is 1. The van der Waals surface area contributed by atoms with Gasteiger partial charge in [-0.3, -0.25) is 9.79 Å². The number of guanidine groups is 1. The molecule has 1 unspecified atom stereocenters. The highest BCUT2D eigenvalue weighted by Gasteiger charge is 2.32. The van der Waals surface area contributed by atoms with Gasteiger partial charge in [0.25, 0.3) is 0 Å². The van der Waals surface area contributed by atoms with Gasteiger partial charge in [0.05, 0.1) is 6.54 Å². The van der Waals surface area contributed by atoms with Crippen LogP contribution in [0.1, 0.15) is 37.7 Å².